The number of carboxylic acid groups (broad SMARTS) is 1. The third kappa shape index (κ3) is 2.54. The molecule has 0 unspecified atom stereocenters. The summed E-state index contributed by atoms with van der Waals surface area (Å²) in [6, 6.07) is 8.83. The molecule has 0 aliphatic carbocycles. The topological polar surface area (TPSA) is 92.7 Å². The van der Waals surface area contributed by atoms with Crippen molar-refractivity contribution in [2.45, 2.75) is 6.54 Å². The van der Waals surface area contributed by atoms with E-state index in [4.69, 9.17) is 13.9 Å². The summed E-state index contributed by atoms with van der Waals surface area (Å²) in [6.07, 6.45) is -1.20. The van der Waals surface area contributed by atoms with Crippen molar-refractivity contribution in [3.05, 3.63) is 46.7 Å². The van der Waals surface area contributed by atoms with E-state index in [-0.39, 0.29) is 18.1 Å². The van der Waals surface area contributed by atoms with Crippen molar-refractivity contribution < 1.29 is 18.7 Å². The standard InChI is InChI=1S/C11H9NO5/c13-10(14)12-6-8-9(17-11(15)16-8)7-4-2-1-3-5-7/h1-5,12H,6H2,(H,13,14). The second-order valence-electron chi connectivity index (χ2n) is 3.23. The molecule has 88 valence electrons. The fourth-order valence-corrected chi connectivity index (χ4v) is 1.39. The highest BCUT2D eigenvalue weighted by molar-refractivity contribution is 5.65. The van der Waals surface area contributed by atoms with Gasteiger partial charge in [0, 0.05) is 5.56 Å². The van der Waals surface area contributed by atoms with Gasteiger partial charge in [-0.05, 0) is 0 Å². The summed E-state index contributed by atoms with van der Waals surface area (Å²) in [6.45, 7) is -0.120. The Kier molecular flexibility index (Phi) is 2.95. The van der Waals surface area contributed by atoms with E-state index in [0.29, 0.717) is 5.56 Å². The van der Waals surface area contributed by atoms with Gasteiger partial charge in [0.25, 0.3) is 0 Å². The van der Waals surface area contributed by atoms with E-state index >= 15 is 0 Å². The monoisotopic (exact) mass is 235 g/mol. The summed E-state index contributed by atoms with van der Waals surface area (Å²) in [5, 5.41) is 10.6. The van der Waals surface area contributed by atoms with Gasteiger partial charge < -0.3 is 19.3 Å². The van der Waals surface area contributed by atoms with Gasteiger partial charge >= 0.3 is 11.9 Å². The zero-order valence-electron chi connectivity index (χ0n) is 8.67. The highest BCUT2D eigenvalue weighted by Gasteiger charge is 2.15. The minimum Gasteiger partial charge on any atom is -0.465 e. The summed E-state index contributed by atoms with van der Waals surface area (Å²) in [5.41, 5.74) is 0.653. The van der Waals surface area contributed by atoms with E-state index in [0.717, 1.165) is 0 Å². The first-order valence-electron chi connectivity index (χ1n) is 4.82. The van der Waals surface area contributed by atoms with Gasteiger partial charge in [-0.15, -0.1) is 0 Å². The van der Waals surface area contributed by atoms with Crippen LogP contribution in [0.1, 0.15) is 5.76 Å². The van der Waals surface area contributed by atoms with Crippen LogP contribution in [0.15, 0.2) is 44.0 Å². The number of rotatable bonds is 3. The Bertz CT molecular complexity index is 569. The molecule has 0 fully saturated rings. The molecule has 0 saturated heterocycles. The zero-order valence-corrected chi connectivity index (χ0v) is 8.67. The van der Waals surface area contributed by atoms with Crippen LogP contribution < -0.4 is 11.1 Å². The molecule has 6 heteroatoms. The molecule has 1 amide bonds. The molecule has 0 spiro atoms. The normalized spacial score (nSPS) is 10.1. The highest BCUT2D eigenvalue weighted by Crippen LogP contribution is 2.22. The first-order chi connectivity index (χ1) is 8.16. The molecule has 1 aromatic carbocycles. The van der Waals surface area contributed by atoms with Gasteiger partial charge in [0.2, 0.25) is 0 Å². The van der Waals surface area contributed by atoms with E-state index in [1.54, 1.807) is 24.3 Å². The fraction of sp³-hybridized carbons (Fsp3) is 0.0909. The molecule has 0 aliphatic heterocycles. The Hall–Kier alpha value is -2.50. The lowest BCUT2D eigenvalue weighted by Gasteiger charge is -1.99. The summed E-state index contributed by atoms with van der Waals surface area (Å²) >= 11 is 0. The molecule has 2 rings (SSSR count). The smallest absolute Gasteiger partial charge is 0.465 e. The van der Waals surface area contributed by atoms with Crippen LogP contribution >= 0.6 is 0 Å². The minimum atomic E-state index is -1.20. The Morgan fingerprint density at radius 1 is 1.24 bits per heavy atom. The molecule has 0 atom stereocenters. The lowest BCUT2D eigenvalue weighted by molar-refractivity contribution is 0.193. The van der Waals surface area contributed by atoms with Crippen molar-refractivity contribution in [2.24, 2.45) is 0 Å². The zero-order chi connectivity index (χ0) is 12.3. The maximum Gasteiger partial charge on any atom is 0.519 e. The average molecular weight is 235 g/mol. The number of amides is 1. The Balaban J connectivity index is 2.34. The number of nitrogens with one attached hydrogen (secondary N) is 1. The third-order valence-electron chi connectivity index (χ3n) is 2.08. The third-order valence-corrected chi connectivity index (χ3v) is 2.08. The minimum absolute atomic E-state index is 0.120. The fourth-order valence-electron chi connectivity index (χ4n) is 1.39. The van der Waals surface area contributed by atoms with Gasteiger partial charge in [-0.3, -0.25) is 0 Å². The molecule has 0 aliphatic rings. The van der Waals surface area contributed by atoms with Gasteiger partial charge in [0.1, 0.15) is 0 Å². The second kappa shape index (κ2) is 4.56. The number of hydrogen-bond donors (Lipinski definition) is 2. The number of benzene rings is 1. The maximum atomic E-state index is 11.0. The van der Waals surface area contributed by atoms with Crippen LogP contribution in [0.3, 0.4) is 0 Å². The van der Waals surface area contributed by atoms with Crippen LogP contribution in [-0.2, 0) is 6.54 Å². The molecule has 0 bridgehead atoms. The van der Waals surface area contributed by atoms with Crippen LogP contribution in [0.5, 0.6) is 0 Å². The molecule has 6 nitrogen and oxygen atoms in total. The second-order valence-corrected chi connectivity index (χ2v) is 3.23. The largest absolute Gasteiger partial charge is 0.519 e. The van der Waals surface area contributed by atoms with Gasteiger partial charge in [0.05, 0.1) is 6.54 Å². The quantitative estimate of drug-likeness (QED) is 0.843. The number of carbonyl (C=O) groups is 1. The summed E-state index contributed by atoms with van der Waals surface area (Å²) < 4.78 is 9.65. The Labute approximate surface area is 95.5 Å². The van der Waals surface area contributed by atoms with Crippen molar-refractivity contribution in [3.63, 3.8) is 0 Å². The lowest BCUT2D eigenvalue weighted by atomic mass is 10.1. The van der Waals surface area contributed by atoms with Crippen LogP contribution in [-0.4, -0.2) is 11.2 Å². The van der Waals surface area contributed by atoms with E-state index in [1.165, 1.54) is 0 Å². The van der Waals surface area contributed by atoms with Crippen LogP contribution in [0.4, 0.5) is 4.79 Å². The van der Waals surface area contributed by atoms with Crippen LogP contribution in [0.25, 0.3) is 11.3 Å². The van der Waals surface area contributed by atoms with Crippen LogP contribution in [0.2, 0.25) is 0 Å². The summed E-state index contributed by atoms with van der Waals surface area (Å²) in [7, 11) is 0. The predicted molar refractivity (Wildman–Crippen MR) is 57.5 cm³/mol. The molecule has 0 radical (unpaired) electrons. The average Bonchev–Trinajstić information content (AvgIpc) is 2.69. The maximum absolute atomic E-state index is 11.0. The van der Waals surface area contributed by atoms with E-state index in [1.807, 2.05) is 6.07 Å². The summed E-state index contributed by atoms with van der Waals surface area (Å²) in [4.78, 5) is 21.4. The number of hydrogen-bond acceptors (Lipinski definition) is 4. The highest BCUT2D eigenvalue weighted by atomic mass is 16.6. The molecular weight excluding hydrogens is 226 g/mol. The predicted octanol–water partition coefficient (Wildman–Crippen LogP) is 1.67. The molecule has 1 aromatic heterocycles. The molecule has 2 N–H and O–H groups in total. The lowest BCUT2D eigenvalue weighted by Crippen LogP contribution is -2.20. The SMILES string of the molecule is O=C(O)NCc1oc(=O)oc1-c1ccccc1. The van der Waals surface area contributed by atoms with Crippen molar-refractivity contribution in [2.75, 3.05) is 0 Å². The van der Waals surface area contributed by atoms with E-state index in [9.17, 15) is 9.59 Å². The molecular formula is C11H9NO5. The molecule has 1 heterocycles. The first-order valence-corrected chi connectivity index (χ1v) is 4.82. The Morgan fingerprint density at radius 2 is 1.94 bits per heavy atom. The van der Waals surface area contributed by atoms with Gasteiger partial charge in [-0.1, -0.05) is 30.3 Å². The van der Waals surface area contributed by atoms with E-state index < -0.39 is 11.9 Å². The van der Waals surface area contributed by atoms with Crippen molar-refractivity contribution in [1.82, 2.24) is 5.32 Å². The molecule has 0 saturated carbocycles. The van der Waals surface area contributed by atoms with Crippen LogP contribution in [0, 0.1) is 0 Å². The van der Waals surface area contributed by atoms with E-state index in [2.05, 4.69) is 5.32 Å². The van der Waals surface area contributed by atoms with Crippen molar-refractivity contribution >= 4 is 6.09 Å². The summed E-state index contributed by atoms with van der Waals surface area (Å²) in [5.74, 6) is -0.459. The van der Waals surface area contributed by atoms with Gasteiger partial charge in [-0.25, -0.2) is 9.59 Å². The Morgan fingerprint density at radius 3 is 2.59 bits per heavy atom. The van der Waals surface area contributed by atoms with Gasteiger partial charge in [-0.2, -0.15) is 0 Å². The first kappa shape index (κ1) is 11.0. The molecule has 17 heavy (non-hydrogen) atoms. The van der Waals surface area contributed by atoms with Crippen molar-refractivity contribution in [1.29, 1.82) is 0 Å². The molecule has 2 aromatic rings. The van der Waals surface area contributed by atoms with Gasteiger partial charge in [0.15, 0.2) is 11.5 Å². The van der Waals surface area contributed by atoms with Crippen molar-refractivity contribution in [3.8, 4) is 11.3 Å².